The summed E-state index contributed by atoms with van der Waals surface area (Å²) in [6.07, 6.45) is 1.45. The van der Waals surface area contributed by atoms with E-state index in [1.54, 1.807) is 12.1 Å². The Morgan fingerprint density at radius 3 is 2.74 bits per heavy atom. The molecule has 2 atom stereocenters. The fourth-order valence-electron chi connectivity index (χ4n) is 4.05. The van der Waals surface area contributed by atoms with Crippen LogP contribution in [0.25, 0.3) is 0 Å². The fraction of sp³-hybridized carbons (Fsp3) is 0.636. The monoisotopic (exact) mass is 547 g/mol. The smallest absolute Gasteiger partial charge is 0.222 e. The van der Waals surface area contributed by atoms with Crippen molar-refractivity contribution in [3.05, 3.63) is 35.6 Å². The number of rotatable bonds is 7. The zero-order valence-electron chi connectivity index (χ0n) is 18.5. The molecule has 31 heavy (non-hydrogen) atoms. The lowest BCUT2D eigenvalue weighted by Gasteiger charge is -2.34. The van der Waals surface area contributed by atoms with Crippen molar-refractivity contribution in [2.24, 2.45) is 4.99 Å². The second kappa shape index (κ2) is 13.2. The number of halogens is 2. The lowest BCUT2D eigenvalue weighted by atomic mass is 10.0. The van der Waals surface area contributed by atoms with Crippen LogP contribution in [0.3, 0.4) is 0 Å². The Hall–Kier alpha value is -1.46. The third-order valence-corrected chi connectivity index (χ3v) is 5.67. The number of nitrogens with one attached hydrogen (secondary N) is 2. The SMILES string of the molecule is CCNC(=NCC(c1cccc(F)c1)N1CCOCC1)NC1CCN(C(=O)CC)C1.I. The summed E-state index contributed by atoms with van der Waals surface area (Å²) in [7, 11) is 0. The summed E-state index contributed by atoms with van der Waals surface area (Å²) in [5, 5.41) is 6.78. The van der Waals surface area contributed by atoms with Crippen molar-refractivity contribution in [2.45, 2.75) is 38.8 Å². The largest absolute Gasteiger partial charge is 0.379 e. The molecule has 2 N–H and O–H groups in total. The summed E-state index contributed by atoms with van der Waals surface area (Å²) in [6, 6.07) is 6.96. The van der Waals surface area contributed by atoms with Crippen LogP contribution in [0.2, 0.25) is 0 Å². The molecule has 1 aromatic rings. The summed E-state index contributed by atoms with van der Waals surface area (Å²) in [5.41, 5.74) is 0.928. The van der Waals surface area contributed by atoms with Crippen LogP contribution in [0.1, 0.15) is 38.3 Å². The molecule has 0 radical (unpaired) electrons. The standard InChI is InChI=1S/C22H34FN5O2.HI/c1-3-21(29)28-9-8-19(16-28)26-22(24-4-2)25-15-20(27-10-12-30-13-11-27)17-6-5-7-18(23)14-17;/h5-7,14,19-20H,3-4,8-13,15-16H2,1-2H3,(H2,24,25,26);1H. The molecule has 0 bridgehead atoms. The number of carbonyl (C=O) groups is 1. The lowest BCUT2D eigenvalue weighted by Crippen LogP contribution is -2.46. The minimum atomic E-state index is -0.230. The van der Waals surface area contributed by atoms with E-state index in [0.717, 1.165) is 44.1 Å². The molecule has 0 aliphatic carbocycles. The number of aliphatic imine (C=N–C) groups is 1. The molecule has 2 fully saturated rings. The highest BCUT2D eigenvalue weighted by molar-refractivity contribution is 14.0. The highest BCUT2D eigenvalue weighted by atomic mass is 127. The molecular weight excluding hydrogens is 512 g/mol. The van der Waals surface area contributed by atoms with Gasteiger partial charge < -0.3 is 20.3 Å². The van der Waals surface area contributed by atoms with Gasteiger partial charge in [0.25, 0.3) is 0 Å². The van der Waals surface area contributed by atoms with Gasteiger partial charge >= 0.3 is 0 Å². The molecule has 2 aliphatic rings. The molecule has 1 aromatic carbocycles. The van der Waals surface area contributed by atoms with Crippen molar-refractivity contribution < 1.29 is 13.9 Å². The zero-order valence-corrected chi connectivity index (χ0v) is 20.8. The number of morpholine rings is 1. The molecule has 1 amide bonds. The van der Waals surface area contributed by atoms with E-state index in [2.05, 4.69) is 15.5 Å². The minimum absolute atomic E-state index is 0. The predicted molar refractivity (Wildman–Crippen MR) is 131 cm³/mol. The Labute approximate surface area is 201 Å². The number of carbonyl (C=O) groups excluding carboxylic acids is 1. The van der Waals surface area contributed by atoms with Gasteiger partial charge in [-0.15, -0.1) is 24.0 Å². The van der Waals surface area contributed by atoms with E-state index < -0.39 is 0 Å². The second-order valence-corrected chi connectivity index (χ2v) is 7.76. The van der Waals surface area contributed by atoms with Crippen LogP contribution in [-0.2, 0) is 9.53 Å². The zero-order chi connectivity index (χ0) is 21.3. The Kier molecular flexibility index (Phi) is 11.0. The molecule has 9 heteroatoms. The number of hydrogen-bond acceptors (Lipinski definition) is 4. The molecule has 0 aromatic heterocycles. The number of hydrogen-bond donors (Lipinski definition) is 2. The van der Waals surface area contributed by atoms with Crippen LogP contribution < -0.4 is 10.6 Å². The van der Waals surface area contributed by atoms with Gasteiger partial charge in [-0.25, -0.2) is 4.39 Å². The first-order valence-corrected chi connectivity index (χ1v) is 11.0. The number of nitrogens with zero attached hydrogens (tertiary/aromatic N) is 3. The van der Waals surface area contributed by atoms with E-state index in [1.807, 2.05) is 24.8 Å². The topological polar surface area (TPSA) is 69.2 Å². The van der Waals surface area contributed by atoms with E-state index in [1.165, 1.54) is 6.07 Å². The van der Waals surface area contributed by atoms with Crippen LogP contribution in [-0.4, -0.2) is 80.2 Å². The summed E-state index contributed by atoms with van der Waals surface area (Å²) in [5.74, 6) is 0.703. The quantitative estimate of drug-likeness (QED) is 0.312. The molecule has 2 unspecified atom stereocenters. The van der Waals surface area contributed by atoms with Crippen LogP contribution in [0.4, 0.5) is 4.39 Å². The lowest BCUT2D eigenvalue weighted by molar-refractivity contribution is -0.129. The third kappa shape index (κ3) is 7.57. The van der Waals surface area contributed by atoms with Gasteiger partial charge in [0.05, 0.1) is 25.8 Å². The highest BCUT2D eigenvalue weighted by Crippen LogP contribution is 2.23. The average Bonchev–Trinajstić information content (AvgIpc) is 3.23. The van der Waals surface area contributed by atoms with Crippen LogP contribution in [0.15, 0.2) is 29.3 Å². The van der Waals surface area contributed by atoms with Crippen molar-refractivity contribution in [1.29, 1.82) is 0 Å². The maximum absolute atomic E-state index is 13.9. The van der Waals surface area contributed by atoms with E-state index >= 15 is 0 Å². The maximum atomic E-state index is 13.9. The normalized spacial score (nSPS) is 20.8. The summed E-state index contributed by atoms with van der Waals surface area (Å²) in [6.45, 7) is 9.64. The molecule has 7 nitrogen and oxygen atoms in total. The van der Waals surface area contributed by atoms with E-state index in [-0.39, 0.29) is 47.8 Å². The van der Waals surface area contributed by atoms with Gasteiger partial charge in [-0.1, -0.05) is 19.1 Å². The third-order valence-electron chi connectivity index (χ3n) is 5.67. The molecule has 2 saturated heterocycles. The molecule has 2 heterocycles. The molecular formula is C22H35FIN5O2. The van der Waals surface area contributed by atoms with Gasteiger partial charge in [0.2, 0.25) is 5.91 Å². The Morgan fingerprint density at radius 2 is 2.06 bits per heavy atom. The highest BCUT2D eigenvalue weighted by Gasteiger charge is 2.27. The first-order valence-electron chi connectivity index (χ1n) is 11.0. The Balaban J connectivity index is 0.00000341. The summed E-state index contributed by atoms with van der Waals surface area (Å²) < 4.78 is 19.4. The molecule has 174 valence electrons. The molecule has 2 aliphatic heterocycles. The molecule has 3 rings (SSSR count). The van der Waals surface area contributed by atoms with Crippen molar-refractivity contribution in [2.75, 3.05) is 52.5 Å². The van der Waals surface area contributed by atoms with Crippen molar-refractivity contribution >= 4 is 35.8 Å². The average molecular weight is 547 g/mol. The van der Waals surface area contributed by atoms with Crippen molar-refractivity contribution in [3.63, 3.8) is 0 Å². The van der Waals surface area contributed by atoms with Gasteiger partial charge in [-0.3, -0.25) is 14.7 Å². The first-order chi connectivity index (χ1) is 14.6. The van der Waals surface area contributed by atoms with E-state index in [0.29, 0.717) is 32.7 Å². The van der Waals surface area contributed by atoms with Crippen molar-refractivity contribution in [3.8, 4) is 0 Å². The van der Waals surface area contributed by atoms with Crippen LogP contribution >= 0.6 is 24.0 Å². The predicted octanol–water partition coefficient (Wildman–Crippen LogP) is 2.38. The summed E-state index contributed by atoms with van der Waals surface area (Å²) in [4.78, 5) is 21.0. The molecule has 0 spiro atoms. The fourth-order valence-corrected chi connectivity index (χ4v) is 4.05. The first kappa shape index (κ1) is 25.8. The van der Waals surface area contributed by atoms with E-state index in [4.69, 9.17) is 9.73 Å². The number of benzene rings is 1. The van der Waals surface area contributed by atoms with Gasteiger partial charge in [0.1, 0.15) is 5.82 Å². The number of guanidine groups is 1. The minimum Gasteiger partial charge on any atom is -0.379 e. The van der Waals surface area contributed by atoms with Gasteiger partial charge in [-0.2, -0.15) is 0 Å². The second-order valence-electron chi connectivity index (χ2n) is 7.76. The van der Waals surface area contributed by atoms with Gasteiger partial charge in [0, 0.05) is 45.2 Å². The summed E-state index contributed by atoms with van der Waals surface area (Å²) >= 11 is 0. The molecule has 0 saturated carbocycles. The van der Waals surface area contributed by atoms with Crippen LogP contribution in [0.5, 0.6) is 0 Å². The van der Waals surface area contributed by atoms with Gasteiger partial charge in [0.15, 0.2) is 5.96 Å². The Bertz CT molecular complexity index is 730. The number of likely N-dealkylation sites (tertiary alicyclic amines) is 1. The number of amides is 1. The van der Waals surface area contributed by atoms with Crippen molar-refractivity contribution in [1.82, 2.24) is 20.4 Å². The number of ether oxygens (including phenoxy) is 1. The maximum Gasteiger partial charge on any atom is 0.222 e. The Morgan fingerprint density at radius 1 is 1.29 bits per heavy atom. The van der Waals surface area contributed by atoms with Crippen LogP contribution in [0, 0.1) is 5.82 Å². The van der Waals surface area contributed by atoms with E-state index in [9.17, 15) is 9.18 Å². The van der Waals surface area contributed by atoms with Gasteiger partial charge in [-0.05, 0) is 31.0 Å².